The van der Waals surface area contributed by atoms with Gasteiger partial charge in [-0.05, 0) is 171 Å². The summed E-state index contributed by atoms with van der Waals surface area (Å²) in [6.45, 7) is 15.4. The Morgan fingerprint density at radius 2 is 1.06 bits per heavy atom. The number of hydrogen-bond acceptors (Lipinski definition) is 31. The minimum atomic E-state index is -3.67. The first-order valence-electron chi connectivity index (χ1n) is 38.3. The maximum Gasteiger partial charge on any atom is 1.00 e. The monoisotopic (exact) mass is 2080 g/mol. The molecule has 710 valence electrons. The number of carbonyl (C=O) groups is 13. The third kappa shape index (κ3) is 89.7. The van der Waals surface area contributed by atoms with Crippen molar-refractivity contribution in [2.24, 2.45) is 39.5 Å². The van der Waals surface area contributed by atoms with Crippen molar-refractivity contribution in [1.29, 1.82) is 0 Å². The van der Waals surface area contributed by atoms with Crippen molar-refractivity contribution in [2.45, 2.75) is 202 Å². The number of nitrogens with two attached hydrogens (primary N) is 2. The van der Waals surface area contributed by atoms with Crippen LogP contribution in [0, 0.1) is 24.7 Å². The van der Waals surface area contributed by atoms with E-state index >= 15 is 0 Å². The molecule has 2 aliphatic carbocycles. The van der Waals surface area contributed by atoms with Crippen molar-refractivity contribution < 1.29 is 195 Å². The summed E-state index contributed by atoms with van der Waals surface area (Å²) >= 11 is 8.02. The van der Waals surface area contributed by atoms with E-state index in [1.807, 2.05) is 31.0 Å². The Bertz CT molecular complexity index is 3430. The average Bonchev–Trinajstić information content (AvgIpc) is 1.72. The predicted molar refractivity (Wildman–Crippen MR) is 464 cm³/mol. The largest absolute Gasteiger partial charge is 1.00 e. The number of aliphatic hydroxyl groups excluding tert-OH is 1. The Morgan fingerprint density at radius 1 is 0.648 bits per heavy atom. The molecule has 6 aliphatic heterocycles. The van der Waals surface area contributed by atoms with E-state index in [2.05, 4.69) is 101 Å². The molecular formula is C76H130CuI2LiN15NaO28S. The van der Waals surface area contributed by atoms with Crippen LogP contribution in [0.5, 0.6) is 0 Å². The number of nitrogens with zero attached hydrogens (tertiary/aromatic N) is 11. The minimum Gasteiger partial charge on any atom is -0.870 e. The standard InChI is InChI=1S/C10H17N3O3.C10H15N3O2.C9H15NO3.C8H13NO3.C8H11NO3.C8H10O3.C8H12O2.C7H13NO.C2H6N2O.C2H6O.CH3I.CH4O3S.CO2.CH4.Cu.HI.Li.N3.Na.H2O/c1-7(11)12-16-10(15)8-4-3-5-13(2)9(14)6-8;1-7-11-10(15-12-7)8-4-3-5-13(2)9(14)6-8;1-10-4-2-3-8(5-9(10)12)6-13-7-11;2*10-6-12-5-7-2-1-3-9-8(11)4-7;9-6-11-5-7-2-1-3-8(10)4-7;9-7-10-6-8-4-2-1-3-5-8;1-8-6-4-2-3-5-7(8)9;1-2(3)4-5;1-2-3;1-2;1-5(2,3)4;2-1-3;;;;;1-3-2;;/h8H,3-6H2,1-2H3,(H2,11,12);8H,3-6H2,1-2H3;7-8H,2-6H2,1H3;6-7H,1-5H2,(H,9,11);4,6H,1-3,5H2,(H,9,11);4,6H,1-3,5H2;4,7H,1-3,5-6H2;2-6H2,1H3;5H,1H3,(H2,3,4);3H,2H2,1H3;1H3;1H3,(H,2,3,4);;1H4;;1H;;;;1H2/q;;;;;;;;;;;;;;+1;;+1;-1;+1;/p-2. The number of ether oxygens (including phenoxy) is 5. The first-order chi connectivity index (χ1) is 57.6. The second-order valence-electron chi connectivity index (χ2n) is 26.7. The number of allylic oxidation sites excluding steroid dienone is 2. The second kappa shape index (κ2) is 95.6. The molecule has 43 nitrogen and oxygen atoms in total. The van der Waals surface area contributed by atoms with Crippen LogP contribution in [0.15, 0.2) is 49.8 Å². The topological polar surface area (TPSA) is 648 Å². The molecule has 0 radical (unpaired) electrons. The van der Waals surface area contributed by atoms with E-state index in [-0.39, 0.29) is 158 Å². The van der Waals surface area contributed by atoms with Gasteiger partial charge in [-0.3, -0.25) is 67.0 Å². The Hall–Kier alpha value is -7.49. The molecule has 10 N–H and O–H groups in total. The molecule has 125 heavy (non-hydrogen) atoms. The van der Waals surface area contributed by atoms with Gasteiger partial charge in [0.1, 0.15) is 31.5 Å². The number of aryl methyl sites for hydroxylation is 1. The Morgan fingerprint density at radius 3 is 1.53 bits per heavy atom. The SMILES string of the molecule is C.C/C(N)=N/O.C/C(N)=N/OC(=O)C1CCCN(C)C(=O)C1.CCO.CI.CN1CCCC(COC=O)CC1=O.CN1CCCCCC1=O.CS(=O)(=O)O.Cc1noc(C2CCCN(C)C(=O)C2)n1.O=C=O.O=COCC1=CC(=O)CCC1.O=COCC1=CC(=O)NCCC1.O=COCC1=CCCCC1.O=COCC1CCCNC(=O)C1.[Cu][I].[Li+].[N-]=[N+]=[N-].[Na+].[OH-]. The number of amides is 6. The summed E-state index contributed by atoms with van der Waals surface area (Å²) < 4.78 is 53.9. The van der Waals surface area contributed by atoms with E-state index < -0.39 is 22.0 Å². The molecule has 6 amide bonds. The number of hydrogen-bond donors (Lipinski definition) is 7. The molecule has 8 aliphatic rings. The van der Waals surface area contributed by atoms with Gasteiger partial charge in [0.2, 0.25) is 41.3 Å². The van der Waals surface area contributed by atoms with Crippen LogP contribution in [0.3, 0.4) is 0 Å². The summed E-state index contributed by atoms with van der Waals surface area (Å²) in [7, 11) is 3.60. The predicted octanol–water partition coefficient (Wildman–Crippen LogP) is 1.13. The number of oxime groups is 2. The summed E-state index contributed by atoms with van der Waals surface area (Å²) in [5.41, 5.74) is 26.6. The Kier molecular flexibility index (Phi) is 106. The minimum absolute atomic E-state index is 0. The van der Waals surface area contributed by atoms with Crippen LogP contribution >= 0.6 is 42.9 Å². The second-order valence-corrected chi connectivity index (χ2v) is 28.2. The number of alkyl halides is 1. The van der Waals surface area contributed by atoms with Gasteiger partial charge < -0.3 is 102 Å². The van der Waals surface area contributed by atoms with Gasteiger partial charge in [0.25, 0.3) is 42.5 Å². The quantitative estimate of drug-likeness (QED) is 0.00857. The molecule has 1 aromatic rings. The fourth-order valence-corrected chi connectivity index (χ4v) is 10.9. The van der Waals surface area contributed by atoms with Crippen molar-refractivity contribution in [3.05, 3.63) is 62.6 Å². The van der Waals surface area contributed by atoms with E-state index in [1.54, 1.807) is 62.0 Å². The van der Waals surface area contributed by atoms with E-state index in [0.717, 1.165) is 134 Å². The van der Waals surface area contributed by atoms with Gasteiger partial charge in [0.15, 0.2) is 11.6 Å². The number of halogens is 2. The van der Waals surface area contributed by atoms with E-state index in [0.29, 0.717) is 121 Å². The number of ketones is 1. The molecule has 1 aromatic heterocycles. The summed E-state index contributed by atoms with van der Waals surface area (Å²) in [5, 5.41) is 30.4. The third-order valence-corrected chi connectivity index (χ3v) is 16.6. The normalized spacial score (nSPS) is 18.0. The number of amidine groups is 2. The molecule has 0 saturated carbocycles. The summed E-state index contributed by atoms with van der Waals surface area (Å²) in [4.78, 5) is 175. The molecule has 0 bridgehead atoms. The molecular weight excluding hydrogens is 1950 g/mol. The summed E-state index contributed by atoms with van der Waals surface area (Å²) in [6.07, 6.45) is 28.3. The van der Waals surface area contributed by atoms with Gasteiger partial charge in [0, 0.05) is 136 Å². The molecule has 49 heteroatoms. The molecule has 7 heterocycles. The number of nitrogens with one attached hydrogen (secondary N) is 2. The fourth-order valence-electron chi connectivity index (χ4n) is 10.9. The zero-order valence-electron chi connectivity index (χ0n) is 73.2. The number of aliphatic hydroxyl groups is 1. The molecule has 5 saturated heterocycles. The van der Waals surface area contributed by atoms with Gasteiger partial charge in [0.05, 0.1) is 25.4 Å². The van der Waals surface area contributed by atoms with Crippen LogP contribution in [0.2, 0.25) is 0 Å². The molecule has 9 rings (SSSR count). The number of rotatable bonds is 18. The van der Waals surface area contributed by atoms with Crippen LogP contribution in [-0.2, 0) is 123 Å². The molecule has 0 aromatic carbocycles. The number of carbonyl (C=O) groups excluding carboxylic acids is 15. The zero-order valence-corrected chi connectivity index (χ0v) is 81.3. The third-order valence-electron chi connectivity index (χ3n) is 16.6. The van der Waals surface area contributed by atoms with Crippen molar-refractivity contribution in [1.82, 2.24) is 40.4 Å². The average molecular weight is 2080 g/mol. The molecule has 5 fully saturated rings. The molecule has 0 spiro atoms. The van der Waals surface area contributed by atoms with Crippen molar-refractivity contribution >= 4 is 150 Å². The zero-order chi connectivity index (χ0) is 93.2. The molecule has 4 atom stereocenters. The van der Waals surface area contributed by atoms with Crippen molar-refractivity contribution in [3.8, 4) is 0 Å². The van der Waals surface area contributed by atoms with E-state index in [9.17, 15) is 70.7 Å². The van der Waals surface area contributed by atoms with Crippen LogP contribution in [0.1, 0.15) is 206 Å². The fraction of sp³-hybridized carbons (Fsp3) is 0.684. The van der Waals surface area contributed by atoms with Crippen molar-refractivity contribution in [3.63, 3.8) is 0 Å². The summed E-state index contributed by atoms with van der Waals surface area (Å²) in [5.74, 6) is 1.94. The number of aromatic nitrogens is 2. The maximum atomic E-state index is 11.6. The maximum absolute atomic E-state index is 11.6. The van der Waals surface area contributed by atoms with Crippen LogP contribution < -0.4 is 70.5 Å². The molecule has 4 unspecified atom stereocenters. The van der Waals surface area contributed by atoms with Crippen LogP contribution in [0.4, 0.5) is 0 Å². The van der Waals surface area contributed by atoms with E-state index in [1.165, 1.54) is 56.1 Å². The van der Waals surface area contributed by atoms with Crippen molar-refractivity contribution in [2.75, 3.05) is 118 Å². The van der Waals surface area contributed by atoms with E-state index in [4.69, 9.17) is 51.5 Å². The Labute approximate surface area is 801 Å². The first-order valence-corrected chi connectivity index (χ1v) is 45.3. The van der Waals surface area contributed by atoms with Gasteiger partial charge in [-0.1, -0.05) is 58.0 Å². The van der Waals surface area contributed by atoms with Gasteiger partial charge in [-0.2, -0.15) is 23.0 Å². The van der Waals surface area contributed by atoms with Gasteiger partial charge in [-0.25, -0.2) is 4.79 Å². The smallest absolute Gasteiger partial charge is 0.870 e. The van der Waals surface area contributed by atoms with Crippen LogP contribution in [0.25, 0.3) is 16.0 Å². The van der Waals surface area contributed by atoms with Gasteiger partial charge >= 0.3 is 93.6 Å². The van der Waals surface area contributed by atoms with Gasteiger partial charge in [-0.15, -0.1) is 0 Å². The van der Waals surface area contributed by atoms with Crippen LogP contribution in [-0.4, -0.2) is 274 Å². The Balaban J connectivity index is -0.000000146. The number of likely N-dealkylation sites (tertiary alicyclic amines) is 4. The first kappa shape index (κ1) is 138. The summed E-state index contributed by atoms with van der Waals surface area (Å²) in [6, 6.07) is 0.